The van der Waals surface area contributed by atoms with Crippen molar-refractivity contribution in [1.29, 1.82) is 0 Å². The molecule has 2 aromatic carbocycles. The maximum Gasteiger partial charge on any atom is 0.257 e. The fourth-order valence-electron chi connectivity index (χ4n) is 3.87. The van der Waals surface area contributed by atoms with E-state index in [4.69, 9.17) is 9.47 Å². The van der Waals surface area contributed by atoms with Crippen molar-refractivity contribution in [2.24, 2.45) is 0 Å². The van der Waals surface area contributed by atoms with Crippen LogP contribution >= 0.6 is 11.3 Å². The van der Waals surface area contributed by atoms with Crippen LogP contribution in [0.4, 0.5) is 5.13 Å². The van der Waals surface area contributed by atoms with Gasteiger partial charge in [0.1, 0.15) is 0 Å². The van der Waals surface area contributed by atoms with E-state index in [2.05, 4.69) is 15.0 Å². The van der Waals surface area contributed by atoms with Crippen LogP contribution in [0.3, 0.4) is 0 Å². The van der Waals surface area contributed by atoms with Crippen LogP contribution in [0.5, 0.6) is 11.5 Å². The quantitative estimate of drug-likeness (QED) is 0.514. The van der Waals surface area contributed by atoms with Crippen molar-refractivity contribution in [3.63, 3.8) is 0 Å². The van der Waals surface area contributed by atoms with Crippen molar-refractivity contribution >= 4 is 32.4 Å². The zero-order chi connectivity index (χ0) is 22.8. The van der Waals surface area contributed by atoms with Gasteiger partial charge in [0, 0.05) is 17.0 Å². The van der Waals surface area contributed by atoms with Crippen LogP contribution in [-0.4, -0.2) is 26.1 Å². The van der Waals surface area contributed by atoms with Crippen molar-refractivity contribution < 1.29 is 22.7 Å². The summed E-state index contributed by atoms with van der Waals surface area (Å²) in [7, 11) is -3.82. The number of rotatable bonds is 6. The predicted molar refractivity (Wildman–Crippen MR) is 124 cm³/mol. The Kier molecular flexibility index (Phi) is 6.05. The minimum Gasteiger partial charge on any atom is -0.454 e. The third-order valence-electron chi connectivity index (χ3n) is 5.63. The van der Waals surface area contributed by atoms with Crippen LogP contribution in [0, 0.1) is 0 Å². The molecule has 0 saturated carbocycles. The minimum atomic E-state index is -3.82. The monoisotopic (exact) mass is 485 g/mol. The number of anilines is 1. The molecule has 1 aromatic heterocycles. The molecule has 0 fully saturated rings. The number of nitrogens with zero attached hydrogens (tertiary/aromatic N) is 1. The summed E-state index contributed by atoms with van der Waals surface area (Å²) >= 11 is 1.50. The fourth-order valence-corrected chi connectivity index (χ4v) is 5.98. The first kappa shape index (κ1) is 21.9. The second kappa shape index (κ2) is 9.12. The summed E-state index contributed by atoms with van der Waals surface area (Å²) in [5, 5.41) is 3.38. The number of amides is 1. The van der Waals surface area contributed by atoms with Gasteiger partial charge in [0.05, 0.1) is 10.6 Å². The number of sulfonamides is 1. The number of thiazole rings is 1. The lowest BCUT2D eigenvalue weighted by Crippen LogP contribution is -2.23. The molecule has 10 heteroatoms. The molecular weight excluding hydrogens is 462 g/mol. The summed E-state index contributed by atoms with van der Waals surface area (Å²) in [6.45, 7) is 0.239. The first-order valence-corrected chi connectivity index (χ1v) is 13.1. The van der Waals surface area contributed by atoms with Gasteiger partial charge in [-0.1, -0.05) is 18.6 Å². The van der Waals surface area contributed by atoms with Crippen LogP contribution in [0.1, 0.15) is 45.8 Å². The van der Waals surface area contributed by atoms with Crippen molar-refractivity contribution in [2.45, 2.75) is 43.5 Å². The van der Waals surface area contributed by atoms with Crippen molar-refractivity contribution in [3.05, 3.63) is 64.2 Å². The molecular formula is C23H23N3O5S2. The zero-order valence-corrected chi connectivity index (χ0v) is 19.4. The minimum absolute atomic E-state index is 0.0193. The smallest absolute Gasteiger partial charge is 0.257 e. The van der Waals surface area contributed by atoms with Gasteiger partial charge in [0.2, 0.25) is 16.8 Å². The van der Waals surface area contributed by atoms with E-state index in [1.54, 1.807) is 30.3 Å². The van der Waals surface area contributed by atoms with Gasteiger partial charge in [-0.25, -0.2) is 18.1 Å². The molecule has 1 amide bonds. The molecule has 0 unspecified atom stereocenters. The Morgan fingerprint density at radius 1 is 1.03 bits per heavy atom. The van der Waals surface area contributed by atoms with Gasteiger partial charge in [0.25, 0.3) is 5.91 Å². The number of fused-ring (bicyclic) bond motifs is 2. The molecule has 2 aliphatic rings. The first-order valence-electron chi connectivity index (χ1n) is 10.8. The summed E-state index contributed by atoms with van der Waals surface area (Å²) in [6.07, 6.45) is 5.38. The second-order valence-electron chi connectivity index (χ2n) is 7.94. The summed E-state index contributed by atoms with van der Waals surface area (Å²) in [5.74, 6) is 0.841. The number of aryl methyl sites for hydroxylation is 2. The van der Waals surface area contributed by atoms with Crippen LogP contribution < -0.4 is 19.5 Å². The van der Waals surface area contributed by atoms with E-state index in [0.29, 0.717) is 16.6 Å². The Morgan fingerprint density at radius 2 is 1.88 bits per heavy atom. The molecule has 2 N–H and O–H groups in total. The molecule has 8 nitrogen and oxygen atoms in total. The fraction of sp³-hybridized carbons (Fsp3) is 0.304. The van der Waals surface area contributed by atoms with Crippen molar-refractivity contribution in [3.8, 4) is 11.5 Å². The molecule has 172 valence electrons. The van der Waals surface area contributed by atoms with Crippen molar-refractivity contribution in [1.82, 2.24) is 9.71 Å². The average Bonchev–Trinajstić information content (AvgIpc) is 3.38. The number of ether oxygens (including phenoxy) is 2. The van der Waals surface area contributed by atoms with E-state index in [9.17, 15) is 13.2 Å². The normalized spacial score (nSPS) is 15.0. The molecule has 2 heterocycles. The highest BCUT2D eigenvalue weighted by atomic mass is 32.2. The highest BCUT2D eigenvalue weighted by molar-refractivity contribution is 7.89. The van der Waals surface area contributed by atoms with Crippen LogP contribution in [0.25, 0.3) is 0 Å². The maximum absolute atomic E-state index is 12.8. The number of hydrogen-bond donors (Lipinski definition) is 2. The Labute approximate surface area is 196 Å². The lowest BCUT2D eigenvalue weighted by Gasteiger charge is -2.09. The number of nitrogens with one attached hydrogen (secondary N) is 2. The maximum atomic E-state index is 12.8. The molecule has 0 spiro atoms. The Bertz CT molecular complexity index is 1280. The Morgan fingerprint density at radius 3 is 2.79 bits per heavy atom. The van der Waals surface area contributed by atoms with E-state index in [1.807, 2.05) is 0 Å². The van der Waals surface area contributed by atoms with Gasteiger partial charge in [-0.15, -0.1) is 11.3 Å². The van der Waals surface area contributed by atoms with E-state index in [1.165, 1.54) is 34.8 Å². The average molecular weight is 486 g/mol. The molecule has 0 bridgehead atoms. The van der Waals surface area contributed by atoms with E-state index >= 15 is 0 Å². The van der Waals surface area contributed by atoms with E-state index in [0.717, 1.165) is 36.9 Å². The lowest BCUT2D eigenvalue weighted by molar-refractivity contribution is 0.102. The first-order chi connectivity index (χ1) is 16.0. The second-order valence-corrected chi connectivity index (χ2v) is 10.8. The van der Waals surface area contributed by atoms with Gasteiger partial charge in [-0.05, 0) is 61.6 Å². The Balaban J connectivity index is 1.27. The SMILES string of the molecule is O=C(Nc1nc2c(s1)CCCCC2)c1cccc(S(=O)(=O)NCc2ccc3c(c2)OCO3)c1. The third kappa shape index (κ3) is 4.87. The molecule has 1 aliphatic heterocycles. The van der Waals surface area contributed by atoms with Gasteiger partial charge < -0.3 is 9.47 Å². The molecule has 33 heavy (non-hydrogen) atoms. The summed E-state index contributed by atoms with van der Waals surface area (Å²) < 4.78 is 38.8. The van der Waals surface area contributed by atoms with Gasteiger partial charge in [-0.2, -0.15) is 0 Å². The number of carbonyl (C=O) groups excluding carboxylic acids is 1. The molecule has 0 saturated heterocycles. The van der Waals surface area contributed by atoms with Crippen LogP contribution in [0.15, 0.2) is 47.4 Å². The van der Waals surface area contributed by atoms with Crippen LogP contribution in [0.2, 0.25) is 0 Å². The highest BCUT2D eigenvalue weighted by Crippen LogP contribution is 2.32. The standard InChI is InChI=1S/C23H23N3O5S2/c27-22(26-23-25-18-7-2-1-3-8-21(18)32-23)16-5-4-6-17(12-16)33(28,29)24-13-15-9-10-19-20(11-15)31-14-30-19/h4-6,9-12,24H,1-3,7-8,13-14H2,(H,25,26,27). The van der Waals surface area contributed by atoms with Gasteiger partial charge in [0.15, 0.2) is 16.6 Å². The molecule has 5 rings (SSSR count). The summed E-state index contributed by atoms with van der Waals surface area (Å²) in [6, 6.07) is 11.2. The number of aromatic nitrogens is 1. The third-order valence-corrected chi connectivity index (χ3v) is 8.10. The highest BCUT2D eigenvalue weighted by Gasteiger charge is 2.20. The predicted octanol–water partition coefficient (Wildman–Crippen LogP) is 3.87. The van der Waals surface area contributed by atoms with Gasteiger partial charge in [-0.3, -0.25) is 10.1 Å². The molecule has 0 atom stereocenters. The van der Waals surface area contributed by atoms with Gasteiger partial charge >= 0.3 is 0 Å². The Hall–Kier alpha value is -2.95. The zero-order valence-electron chi connectivity index (χ0n) is 17.8. The van der Waals surface area contributed by atoms with E-state index < -0.39 is 10.0 Å². The molecule has 3 aromatic rings. The molecule has 0 radical (unpaired) electrons. The van der Waals surface area contributed by atoms with Crippen molar-refractivity contribution in [2.75, 3.05) is 12.1 Å². The number of benzene rings is 2. The lowest BCUT2D eigenvalue weighted by atomic mass is 10.2. The van der Waals surface area contributed by atoms with Crippen LogP contribution in [-0.2, 0) is 29.4 Å². The summed E-state index contributed by atoms with van der Waals surface area (Å²) in [5.41, 5.74) is 2.06. The number of carbonyl (C=O) groups is 1. The number of hydrogen-bond acceptors (Lipinski definition) is 7. The summed E-state index contributed by atoms with van der Waals surface area (Å²) in [4.78, 5) is 18.6. The topological polar surface area (TPSA) is 107 Å². The molecule has 1 aliphatic carbocycles. The largest absolute Gasteiger partial charge is 0.454 e. The van der Waals surface area contributed by atoms with E-state index in [-0.39, 0.29) is 29.7 Å².